The van der Waals surface area contributed by atoms with Gasteiger partial charge in [-0.15, -0.1) is 0 Å². The van der Waals surface area contributed by atoms with E-state index in [1.165, 1.54) is 6.92 Å². The molecular weight excluding hydrogens is 152 g/mol. The summed E-state index contributed by atoms with van der Waals surface area (Å²) in [5.41, 5.74) is 2.02. The Morgan fingerprint density at radius 2 is 2.08 bits per heavy atom. The Hall–Kier alpha value is -1.38. The van der Waals surface area contributed by atoms with Gasteiger partial charge in [0.1, 0.15) is 5.82 Å². The van der Waals surface area contributed by atoms with Gasteiger partial charge in [-0.1, -0.05) is 0 Å². The van der Waals surface area contributed by atoms with Gasteiger partial charge in [-0.25, -0.2) is 4.98 Å². The van der Waals surface area contributed by atoms with Crippen molar-refractivity contribution >= 4 is 11.7 Å². The summed E-state index contributed by atoms with van der Waals surface area (Å²) in [6.07, 6.45) is 0. The first-order chi connectivity index (χ1) is 5.58. The zero-order valence-corrected chi connectivity index (χ0v) is 7.51. The SMILES string of the molecule is CC(=O)Nc1cc(C)cc(C)n1. The quantitative estimate of drug-likeness (QED) is 0.685. The number of nitrogens with zero attached hydrogens (tertiary/aromatic N) is 1. The molecule has 1 amide bonds. The van der Waals surface area contributed by atoms with Gasteiger partial charge in [0.05, 0.1) is 0 Å². The summed E-state index contributed by atoms with van der Waals surface area (Å²) >= 11 is 0. The van der Waals surface area contributed by atoms with Crippen LogP contribution in [0.1, 0.15) is 18.2 Å². The Kier molecular flexibility index (Phi) is 2.43. The summed E-state index contributed by atoms with van der Waals surface area (Å²) in [6.45, 7) is 5.34. The molecule has 0 unspecified atom stereocenters. The molecule has 3 nitrogen and oxygen atoms in total. The van der Waals surface area contributed by atoms with Gasteiger partial charge in [0.25, 0.3) is 0 Å². The van der Waals surface area contributed by atoms with Gasteiger partial charge in [0, 0.05) is 12.6 Å². The average molecular weight is 164 g/mol. The number of aryl methyl sites for hydroxylation is 2. The van der Waals surface area contributed by atoms with Crippen molar-refractivity contribution in [1.82, 2.24) is 4.98 Å². The molecular formula is C9H12N2O. The van der Waals surface area contributed by atoms with Crippen LogP contribution in [0.2, 0.25) is 0 Å². The number of carbonyl (C=O) groups is 1. The Morgan fingerprint density at radius 1 is 1.42 bits per heavy atom. The van der Waals surface area contributed by atoms with Crippen LogP contribution in [0.3, 0.4) is 0 Å². The van der Waals surface area contributed by atoms with Crippen molar-refractivity contribution in [3.63, 3.8) is 0 Å². The first-order valence-electron chi connectivity index (χ1n) is 3.81. The van der Waals surface area contributed by atoms with Crippen LogP contribution in [-0.4, -0.2) is 10.9 Å². The van der Waals surface area contributed by atoms with Crippen LogP contribution in [0.25, 0.3) is 0 Å². The number of rotatable bonds is 1. The number of anilines is 1. The Balaban J connectivity index is 2.93. The highest BCUT2D eigenvalue weighted by molar-refractivity contribution is 5.87. The molecule has 1 N–H and O–H groups in total. The number of amides is 1. The van der Waals surface area contributed by atoms with Crippen molar-refractivity contribution in [3.05, 3.63) is 23.4 Å². The summed E-state index contributed by atoms with van der Waals surface area (Å²) in [5, 5.41) is 2.64. The lowest BCUT2D eigenvalue weighted by Gasteiger charge is -2.03. The number of nitrogens with one attached hydrogen (secondary N) is 1. The van der Waals surface area contributed by atoms with E-state index in [1.54, 1.807) is 0 Å². The highest BCUT2D eigenvalue weighted by atomic mass is 16.1. The molecule has 0 fully saturated rings. The number of carbonyl (C=O) groups excluding carboxylic acids is 1. The third kappa shape index (κ3) is 2.34. The molecule has 0 atom stereocenters. The van der Waals surface area contributed by atoms with E-state index < -0.39 is 0 Å². The number of hydrogen-bond donors (Lipinski definition) is 1. The fraction of sp³-hybridized carbons (Fsp3) is 0.333. The molecule has 1 rings (SSSR count). The zero-order valence-electron chi connectivity index (χ0n) is 7.51. The van der Waals surface area contributed by atoms with Crippen LogP contribution < -0.4 is 5.32 Å². The molecule has 0 saturated carbocycles. The molecule has 12 heavy (non-hydrogen) atoms. The Labute approximate surface area is 71.8 Å². The molecule has 3 heteroatoms. The molecule has 1 heterocycles. The standard InChI is InChI=1S/C9H12N2O/c1-6-4-7(2)10-9(5-6)11-8(3)12/h4-5H,1-3H3,(H,10,11,12). The lowest BCUT2D eigenvalue weighted by molar-refractivity contribution is -0.114. The molecule has 64 valence electrons. The zero-order chi connectivity index (χ0) is 9.14. The average Bonchev–Trinajstić information content (AvgIpc) is 1.81. The number of hydrogen-bond acceptors (Lipinski definition) is 2. The first kappa shape index (κ1) is 8.71. The first-order valence-corrected chi connectivity index (χ1v) is 3.81. The molecule has 1 aromatic rings. The van der Waals surface area contributed by atoms with Crippen molar-refractivity contribution in [2.45, 2.75) is 20.8 Å². The predicted molar refractivity (Wildman–Crippen MR) is 48.0 cm³/mol. The summed E-state index contributed by atoms with van der Waals surface area (Å²) in [6, 6.07) is 3.81. The van der Waals surface area contributed by atoms with Gasteiger partial charge >= 0.3 is 0 Å². The molecule has 0 aliphatic heterocycles. The normalized spacial score (nSPS) is 9.58. The minimum absolute atomic E-state index is 0.0903. The highest BCUT2D eigenvalue weighted by Crippen LogP contribution is 2.08. The van der Waals surface area contributed by atoms with Gasteiger partial charge < -0.3 is 5.32 Å². The van der Waals surface area contributed by atoms with Crippen LogP contribution in [0.5, 0.6) is 0 Å². The van der Waals surface area contributed by atoms with Gasteiger partial charge in [-0.2, -0.15) is 0 Å². The fourth-order valence-corrected chi connectivity index (χ4v) is 1.09. The highest BCUT2D eigenvalue weighted by Gasteiger charge is 1.97. The third-order valence-electron chi connectivity index (χ3n) is 1.40. The topological polar surface area (TPSA) is 42.0 Å². The van der Waals surface area contributed by atoms with Crippen molar-refractivity contribution in [3.8, 4) is 0 Å². The van der Waals surface area contributed by atoms with E-state index >= 15 is 0 Å². The summed E-state index contributed by atoms with van der Waals surface area (Å²) < 4.78 is 0. The second-order valence-corrected chi connectivity index (χ2v) is 2.85. The second-order valence-electron chi connectivity index (χ2n) is 2.85. The van der Waals surface area contributed by atoms with E-state index in [2.05, 4.69) is 10.3 Å². The maximum Gasteiger partial charge on any atom is 0.222 e. The van der Waals surface area contributed by atoms with Crippen LogP contribution in [0.15, 0.2) is 12.1 Å². The van der Waals surface area contributed by atoms with E-state index in [0.29, 0.717) is 5.82 Å². The minimum atomic E-state index is -0.0903. The van der Waals surface area contributed by atoms with Crippen LogP contribution in [0, 0.1) is 13.8 Å². The second kappa shape index (κ2) is 3.34. The fourth-order valence-electron chi connectivity index (χ4n) is 1.09. The molecule has 0 aliphatic rings. The number of pyridine rings is 1. The molecule has 1 aromatic heterocycles. The van der Waals surface area contributed by atoms with E-state index in [4.69, 9.17) is 0 Å². The largest absolute Gasteiger partial charge is 0.311 e. The molecule has 0 spiro atoms. The summed E-state index contributed by atoms with van der Waals surface area (Å²) in [5.74, 6) is 0.535. The van der Waals surface area contributed by atoms with E-state index in [9.17, 15) is 4.79 Å². The summed E-state index contributed by atoms with van der Waals surface area (Å²) in [7, 11) is 0. The Morgan fingerprint density at radius 3 is 2.58 bits per heavy atom. The molecule has 0 bridgehead atoms. The lowest BCUT2D eigenvalue weighted by atomic mass is 10.2. The molecule has 0 aliphatic carbocycles. The van der Waals surface area contributed by atoms with Crippen molar-refractivity contribution in [2.75, 3.05) is 5.32 Å². The van der Waals surface area contributed by atoms with Gasteiger partial charge in [0.2, 0.25) is 5.91 Å². The maximum absolute atomic E-state index is 10.7. The predicted octanol–water partition coefficient (Wildman–Crippen LogP) is 1.66. The van der Waals surface area contributed by atoms with Gasteiger partial charge in [-0.3, -0.25) is 4.79 Å². The third-order valence-corrected chi connectivity index (χ3v) is 1.40. The maximum atomic E-state index is 10.7. The van der Waals surface area contributed by atoms with E-state index in [1.807, 2.05) is 26.0 Å². The van der Waals surface area contributed by atoms with E-state index in [-0.39, 0.29) is 5.91 Å². The van der Waals surface area contributed by atoms with Crippen LogP contribution in [-0.2, 0) is 4.79 Å². The smallest absolute Gasteiger partial charge is 0.222 e. The lowest BCUT2D eigenvalue weighted by Crippen LogP contribution is -2.07. The van der Waals surface area contributed by atoms with Crippen molar-refractivity contribution in [1.29, 1.82) is 0 Å². The molecule has 0 radical (unpaired) electrons. The minimum Gasteiger partial charge on any atom is -0.311 e. The van der Waals surface area contributed by atoms with E-state index in [0.717, 1.165) is 11.3 Å². The Bertz CT molecular complexity index is 287. The van der Waals surface area contributed by atoms with Crippen LogP contribution >= 0.6 is 0 Å². The van der Waals surface area contributed by atoms with Crippen molar-refractivity contribution < 1.29 is 4.79 Å². The van der Waals surface area contributed by atoms with Gasteiger partial charge in [-0.05, 0) is 31.5 Å². The number of aromatic nitrogens is 1. The van der Waals surface area contributed by atoms with Crippen LogP contribution in [0.4, 0.5) is 5.82 Å². The summed E-state index contributed by atoms with van der Waals surface area (Å²) in [4.78, 5) is 14.8. The monoisotopic (exact) mass is 164 g/mol. The van der Waals surface area contributed by atoms with Gasteiger partial charge in [0.15, 0.2) is 0 Å². The molecule has 0 aromatic carbocycles. The molecule has 0 saturated heterocycles. The van der Waals surface area contributed by atoms with Crippen molar-refractivity contribution in [2.24, 2.45) is 0 Å².